The van der Waals surface area contributed by atoms with Crippen LogP contribution < -0.4 is 5.32 Å². The van der Waals surface area contributed by atoms with Crippen LogP contribution >= 0.6 is 0 Å². The molecule has 0 aromatic carbocycles. The minimum absolute atomic E-state index is 0.382. The molecule has 0 aliphatic carbocycles. The highest BCUT2D eigenvalue weighted by Crippen LogP contribution is 2.27. The van der Waals surface area contributed by atoms with Gasteiger partial charge in [-0.15, -0.1) is 5.10 Å². The van der Waals surface area contributed by atoms with E-state index in [9.17, 15) is 0 Å². The molecule has 1 aliphatic rings. The second-order valence-electron chi connectivity index (χ2n) is 8.14. The molecule has 0 unspecified atom stereocenters. The Balaban J connectivity index is 1.52. The quantitative estimate of drug-likeness (QED) is 0.629. The molecule has 3 aromatic heterocycles. The van der Waals surface area contributed by atoms with E-state index in [0.29, 0.717) is 12.0 Å². The first-order valence-electron chi connectivity index (χ1n) is 10.4. The summed E-state index contributed by atoms with van der Waals surface area (Å²) in [7, 11) is 0. The van der Waals surface area contributed by atoms with Gasteiger partial charge in [-0.1, -0.05) is 6.58 Å². The van der Waals surface area contributed by atoms with Crippen LogP contribution in [0.5, 0.6) is 0 Å². The van der Waals surface area contributed by atoms with Crippen LogP contribution in [-0.4, -0.2) is 49.3 Å². The van der Waals surface area contributed by atoms with Gasteiger partial charge in [0.25, 0.3) is 0 Å². The highest BCUT2D eigenvalue weighted by Gasteiger charge is 2.19. The molecule has 0 radical (unpaired) electrons. The zero-order valence-electron chi connectivity index (χ0n) is 18.2. The zero-order valence-corrected chi connectivity index (χ0v) is 18.2. The lowest BCUT2D eigenvalue weighted by Crippen LogP contribution is -2.38. The van der Waals surface area contributed by atoms with Gasteiger partial charge in [-0.2, -0.15) is 0 Å². The molecule has 1 aliphatic heterocycles. The predicted molar refractivity (Wildman–Crippen MR) is 122 cm³/mol. The van der Waals surface area contributed by atoms with Gasteiger partial charge in [-0.3, -0.25) is 9.98 Å². The van der Waals surface area contributed by atoms with Gasteiger partial charge in [0, 0.05) is 42.3 Å². The van der Waals surface area contributed by atoms with E-state index < -0.39 is 0 Å². The number of aliphatic imine (C=N–C) groups is 1. The second-order valence-corrected chi connectivity index (χ2v) is 8.14. The summed E-state index contributed by atoms with van der Waals surface area (Å²) in [6.07, 6.45) is 5.94. The fourth-order valence-electron chi connectivity index (χ4n) is 3.83. The fraction of sp³-hybridized carbons (Fsp3) is 0.391. The molecule has 4 heterocycles. The molecule has 0 spiro atoms. The van der Waals surface area contributed by atoms with Crippen LogP contribution in [0.15, 0.2) is 47.9 Å². The Kier molecular flexibility index (Phi) is 5.53. The molecular formula is C23H29N7. The molecule has 1 saturated heterocycles. The third-order valence-electron chi connectivity index (χ3n) is 5.46. The number of nitrogens with zero attached hydrogens (tertiary/aromatic N) is 6. The minimum Gasteiger partial charge on any atom is -0.375 e. The summed E-state index contributed by atoms with van der Waals surface area (Å²) in [5.41, 5.74) is 6.83. The topological polar surface area (TPSA) is 70.7 Å². The Morgan fingerprint density at radius 1 is 1.17 bits per heavy atom. The lowest BCUT2D eigenvalue weighted by Gasteiger charge is -2.33. The summed E-state index contributed by atoms with van der Waals surface area (Å²) in [4.78, 5) is 16.2. The van der Waals surface area contributed by atoms with Crippen LogP contribution in [0.1, 0.15) is 39.3 Å². The van der Waals surface area contributed by atoms with Crippen molar-refractivity contribution in [3.05, 3.63) is 48.6 Å². The number of fused-ring (bicyclic) bond motifs is 1. The van der Waals surface area contributed by atoms with E-state index in [0.717, 1.165) is 65.5 Å². The van der Waals surface area contributed by atoms with Gasteiger partial charge < -0.3 is 10.2 Å². The standard InChI is InChI=1S/C23H29N7/c1-15(2)25-20-6-7-21(26-17(20)5)19-10-13-30-22(19)14-24-23(28-30)27-18-8-11-29(12-9-18)16(3)4/h6-7,10,13-14,18H,3,8-9,11-12H2,1-2,4-5H3,(H,27,28). The van der Waals surface area contributed by atoms with Crippen molar-refractivity contribution in [3.8, 4) is 11.3 Å². The van der Waals surface area contributed by atoms with E-state index in [-0.39, 0.29) is 0 Å². The highest BCUT2D eigenvalue weighted by atomic mass is 15.3. The molecule has 0 bridgehead atoms. The number of aromatic nitrogens is 4. The first-order chi connectivity index (χ1) is 14.4. The van der Waals surface area contributed by atoms with Crippen LogP contribution in [0.25, 0.3) is 16.8 Å². The summed E-state index contributed by atoms with van der Waals surface area (Å²) >= 11 is 0. The third kappa shape index (κ3) is 4.20. The maximum Gasteiger partial charge on any atom is 0.241 e. The van der Waals surface area contributed by atoms with E-state index in [1.165, 1.54) is 0 Å². The first kappa shape index (κ1) is 20.1. The van der Waals surface area contributed by atoms with E-state index >= 15 is 0 Å². The van der Waals surface area contributed by atoms with Crippen molar-refractivity contribution < 1.29 is 0 Å². The lowest BCUT2D eigenvalue weighted by atomic mass is 10.1. The van der Waals surface area contributed by atoms with Crippen molar-refractivity contribution in [3.63, 3.8) is 0 Å². The average molecular weight is 404 g/mol. The van der Waals surface area contributed by atoms with E-state index in [1.54, 1.807) is 0 Å². The first-order valence-corrected chi connectivity index (χ1v) is 10.4. The SMILES string of the molecule is C=C(C)N1CCC(Nc2ncc3c(-c4ccc(N=C(C)C)c(C)n4)ccn3n2)CC1. The average Bonchev–Trinajstić information content (AvgIpc) is 3.13. The van der Waals surface area contributed by atoms with Crippen molar-refractivity contribution >= 4 is 22.9 Å². The van der Waals surface area contributed by atoms with Gasteiger partial charge in [0.15, 0.2) is 0 Å². The van der Waals surface area contributed by atoms with Gasteiger partial charge in [-0.25, -0.2) is 9.50 Å². The molecule has 4 rings (SSSR count). The molecule has 1 fully saturated rings. The van der Waals surface area contributed by atoms with Crippen molar-refractivity contribution in [2.75, 3.05) is 18.4 Å². The number of hydrogen-bond acceptors (Lipinski definition) is 6. The van der Waals surface area contributed by atoms with Crippen LogP contribution in [0.3, 0.4) is 0 Å². The normalized spacial score (nSPS) is 14.7. The van der Waals surface area contributed by atoms with E-state index in [1.807, 2.05) is 55.9 Å². The Labute approximate surface area is 177 Å². The number of hydrogen-bond donors (Lipinski definition) is 1. The number of piperidine rings is 1. The van der Waals surface area contributed by atoms with Gasteiger partial charge in [0.2, 0.25) is 5.95 Å². The molecular weight excluding hydrogens is 374 g/mol. The number of likely N-dealkylation sites (tertiary alicyclic amines) is 1. The summed E-state index contributed by atoms with van der Waals surface area (Å²) < 4.78 is 1.87. The molecule has 7 heteroatoms. The number of pyridine rings is 1. The number of aryl methyl sites for hydroxylation is 1. The summed E-state index contributed by atoms with van der Waals surface area (Å²) in [5, 5.41) is 8.15. The Morgan fingerprint density at radius 2 is 1.93 bits per heavy atom. The van der Waals surface area contributed by atoms with Crippen molar-refractivity contribution in [2.45, 2.75) is 46.6 Å². The predicted octanol–water partition coefficient (Wildman–Crippen LogP) is 4.62. The minimum atomic E-state index is 0.382. The van der Waals surface area contributed by atoms with Crippen LogP contribution in [0.4, 0.5) is 11.6 Å². The maximum absolute atomic E-state index is 4.75. The highest BCUT2D eigenvalue weighted by molar-refractivity contribution is 5.83. The summed E-state index contributed by atoms with van der Waals surface area (Å²) in [5.74, 6) is 0.658. The molecule has 0 saturated carbocycles. The molecule has 30 heavy (non-hydrogen) atoms. The molecule has 1 N–H and O–H groups in total. The van der Waals surface area contributed by atoms with E-state index in [2.05, 4.69) is 38.8 Å². The van der Waals surface area contributed by atoms with Gasteiger partial charge in [0.1, 0.15) is 0 Å². The molecule has 0 atom stereocenters. The molecule has 156 valence electrons. The van der Waals surface area contributed by atoms with Gasteiger partial charge in [-0.05, 0) is 58.7 Å². The molecule has 7 nitrogen and oxygen atoms in total. The van der Waals surface area contributed by atoms with E-state index in [4.69, 9.17) is 4.98 Å². The summed E-state index contributed by atoms with van der Waals surface area (Å²) in [6, 6.07) is 6.44. The third-order valence-corrected chi connectivity index (χ3v) is 5.46. The second kappa shape index (κ2) is 8.26. The van der Waals surface area contributed by atoms with Gasteiger partial charge >= 0.3 is 0 Å². The van der Waals surface area contributed by atoms with Crippen molar-refractivity contribution in [1.29, 1.82) is 0 Å². The van der Waals surface area contributed by atoms with Crippen molar-refractivity contribution in [1.82, 2.24) is 24.5 Å². The van der Waals surface area contributed by atoms with Crippen LogP contribution in [0.2, 0.25) is 0 Å². The summed E-state index contributed by atoms with van der Waals surface area (Å²) in [6.45, 7) is 14.1. The Bertz CT molecular complexity index is 1100. The number of allylic oxidation sites excluding steroid dienone is 1. The van der Waals surface area contributed by atoms with Gasteiger partial charge in [0.05, 0.1) is 28.8 Å². The Morgan fingerprint density at radius 3 is 2.60 bits per heavy atom. The number of nitrogens with one attached hydrogen (secondary N) is 1. The zero-order chi connectivity index (χ0) is 21.3. The maximum atomic E-state index is 4.75. The number of anilines is 1. The lowest BCUT2D eigenvalue weighted by molar-refractivity contribution is 0.273. The fourth-order valence-corrected chi connectivity index (χ4v) is 3.83. The monoisotopic (exact) mass is 403 g/mol. The van der Waals surface area contributed by atoms with Crippen LogP contribution in [0, 0.1) is 6.92 Å². The smallest absolute Gasteiger partial charge is 0.241 e. The largest absolute Gasteiger partial charge is 0.375 e. The van der Waals surface area contributed by atoms with Crippen LogP contribution in [-0.2, 0) is 0 Å². The Hall–Kier alpha value is -3.22. The number of rotatable bonds is 5. The molecule has 3 aromatic rings. The molecule has 0 amide bonds. The van der Waals surface area contributed by atoms with Crippen molar-refractivity contribution in [2.24, 2.45) is 4.99 Å².